The second kappa shape index (κ2) is 3.80. The minimum Gasteiger partial charge on any atom is -0.330 e. The van der Waals surface area contributed by atoms with Crippen molar-refractivity contribution in [2.75, 3.05) is 6.54 Å². The molecule has 0 aromatic carbocycles. The second-order valence-electron chi connectivity index (χ2n) is 3.55. The van der Waals surface area contributed by atoms with Gasteiger partial charge >= 0.3 is 0 Å². The Morgan fingerprint density at radius 2 is 2.36 bits per heavy atom. The summed E-state index contributed by atoms with van der Waals surface area (Å²) in [5.74, 6) is 0. The molecule has 0 aliphatic carbocycles. The molecule has 0 radical (unpaired) electrons. The average molecular weight is 189 g/mol. The molecule has 2 aromatic rings. The van der Waals surface area contributed by atoms with E-state index in [-0.39, 0.29) is 0 Å². The Morgan fingerprint density at radius 3 is 3.14 bits per heavy atom. The molecule has 3 heteroatoms. The maximum Gasteiger partial charge on any atom is 0.0722 e. The van der Waals surface area contributed by atoms with Gasteiger partial charge in [-0.15, -0.1) is 0 Å². The molecule has 0 saturated heterocycles. The van der Waals surface area contributed by atoms with Crippen molar-refractivity contribution in [2.24, 2.45) is 5.73 Å². The standard InChI is InChI=1S/C11H15N3/c1-9-4-3-7-14-11(9)10(8-13-14)5-2-6-12/h3-4,7-8H,2,5-6,12H2,1H3. The van der Waals surface area contributed by atoms with Gasteiger partial charge < -0.3 is 5.73 Å². The molecule has 0 unspecified atom stereocenters. The first kappa shape index (κ1) is 9.21. The van der Waals surface area contributed by atoms with Crippen molar-refractivity contribution in [3.05, 3.63) is 35.7 Å². The molecular formula is C11H15N3. The molecule has 14 heavy (non-hydrogen) atoms. The van der Waals surface area contributed by atoms with E-state index in [0.717, 1.165) is 19.4 Å². The van der Waals surface area contributed by atoms with Crippen LogP contribution in [0.5, 0.6) is 0 Å². The van der Waals surface area contributed by atoms with Crippen molar-refractivity contribution in [3.8, 4) is 0 Å². The first-order valence-corrected chi connectivity index (χ1v) is 4.95. The number of aryl methyl sites for hydroxylation is 2. The molecular weight excluding hydrogens is 174 g/mol. The minimum absolute atomic E-state index is 0.739. The van der Waals surface area contributed by atoms with Crippen molar-refractivity contribution in [1.82, 2.24) is 9.61 Å². The summed E-state index contributed by atoms with van der Waals surface area (Å²) in [6.45, 7) is 2.85. The summed E-state index contributed by atoms with van der Waals surface area (Å²) in [4.78, 5) is 0. The van der Waals surface area contributed by atoms with E-state index in [9.17, 15) is 0 Å². The van der Waals surface area contributed by atoms with Gasteiger partial charge in [-0.05, 0) is 43.5 Å². The lowest BCUT2D eigenvalue weighted by Crippen LogP contribution is -2.00. The summed E-state index contributed by atoms with van der Waals surface area (Å²) in [6.07, 6.45) is 5.97. The largest absolute Gasteiger partial charge is 0.330 e. The van der Waals surface area contributed by atoms with Crippen LogP contribution in [0.3, 0.4) is 0 Å². The Hall–Kier alpha value is -1.35. The van der Waals surface area contributed by atoms with E-state index in [4.69, 9.17) is 5.73 Å². The lowest BCUT2D eigenvalue weighted by atomic mass is 10.1. The quantitative estimate of drug-likeness (QED) is 0.795. The van der Waals surface area contributed by atoms with Crippen LogP contribution < -0.4 is 5.73 Å². The second-order valence-corrected chi connectivity index (χ2v) is 3.55. The van der Waals surface area contributed by atoms with Gasteiger partial charge in [-0.2, -0.15) is 5.10 Å². The van der Waals surface area contributed by atoms with Crippen LogP contribution in [-0.2, 0) is 6.42 Å². The summed E-state index contributed by atoms with van der Waals surface area (Å²) in [6, 6.07) is 4.13. The van der Waals surface area contributed by atoms with Crippen LogP contribution >= 0.6 is 0 Å². The highest BCUT2D eigenvalue weighted by molar-refractivity contribution is 5.59. The number of hydrogen-bond donors (Lipinski definition) is 1. The van der Waals surface area contributed by atoms with E-state index >= 15 is 0 Å². The molecule has 2 heterocycles. The van der Waals surface area contributed by atoms with Crippen LogP contribution in [0.15, 0.2) is 24.5 Å². The molecule has 2 N–H and O–H groups in total. The van der Waals surface area contributed by atoms with E-state index in [1.807, 2.05) is 23.0 Å². The van der Waals surface area contributed by atoms with Crippen molar-refractivity contribution < 1.29 is 0 Å². The summed E-state index contributed by atoms with van der Waals surface area (Å²) in [7, 11) is 0. The Labute approximate surface area is 83.5 Å². The molecule has 74 valence electrons. The molecule has 2 rings (SSSR count). The smallest absolute Gasteiger partial charge is 0.0722 e. The highest BCUT2D eigenvalue weighted by atomic mass is 15.2. The van der Waals surface area contributed by atoms with Crippen LogP contribution in [0.1, 0.15) is 17.5 Å². The predicted molar refractivity (Wildman–Crippen MR) is 57.3 cm³/mol. The highest BCUT2D eigenvalue weighted by Crippen LogP contribution is 2.16. The van der Waals surface area contributed by atoms with E-state index < -0.39 is 0 Å². The van der Waals surface area contributed by atoms with Crippen LogP contribution in [0.4, 0.5) is 0 Å². The molecule has 2 aromatic heterocycles. The molecule has 0 amide bonds. The minimum atomic E-state index is 0.739. The van der Waals surface area contributed by atoms with Gasteiger partial charge in [0.2, 0.25) is 0 Å². The van der Waals surface area contributed by atoms with Crippen molar-refractivity contribution >= 4 is 5.52 Å². The molecule has 0 bridgehead atoms. The van der Waals surface area contributed by atoms with E-state index in [0.29, 0.717) is 0 Å². The SMILES string of the molecule is Cc1cccn2ncc(CCCN)c12. The van der Waals surface area contributed by atoms with Gasteiger partial charge in [0.15, 0.2) is 0 Å². The summed E-state index contributed by atoms with van der Waals surface area (Å²) in [5.41, 5.74) is 9.31. The van der Waals surface area contributed by atoms with Crippen molar-refractivity contribution in [3.63, 3.8) is 0 Å². The van der Waals surface area contributed by atoms with E-state index in [1.165, 1.54) is 16.6 Å². The molecule has 0 fully saturated rings. The third-order valence-electron chi connectivity index (χ3n) is 2.47. The zero-order valence-electron chi connectivity index (χ0n) is 8.40. The fourth-order valence-electron chi connectivity index (χ4n) is 1.77. The molecule has 0 atom stereocenters. The van der Waals surface area contributed by atoms with Crippen LogP contribution in [0, 0.1) is 6.92 Å². The fourth-order valence-corrected chi connectivity index (χ4v) is 1.77. The topological polar surface area (TPSA) is 43.3 Å². The van der Waals surface area contributed by atoms with Gasteiger partial charge in [0.25, 0.3) is 0 Å². The zero-order valence-corrected chi connectivity index (χ0v) is 8.40. The first-order chi connectivity index (χ1) is 6.83. The lowest BCUT2D eigenvalue weighted by molar-refractivity contribution is 0.836. The van der Waals surface area contributed by atoms with Gasteiger partial charge in [0.1, 0.15) is 0 Å². The predicted octanol–water partition coefficient (Wildman–Crippen LogP) is 1.53. The number of aromatic nitrogens is 2. The third kappa shape index (κ3) is 1.51. The van der Waals surface area contributed by atoms with E-state index in [1.54, 1.807) is 0 Å². The zero-order chi connectivity index (χ0) is 9.97. The van der Waals surface area contributed by atoms with E-state index in [2.05, 4.69) is 18.1 Å². The number of fused-ring (bicyclic) bond motifs is 1. The molecule has 3 nitrogen and oxygen atoms in total. The maximum atomic E-state index is 5.50. The Kier molecular flexibility index (Phi) is 2.50. The van der Waals surface area contributed by atoms with Crippen LogP contribution in [-0.4, -0.2) is 16.2 Å². The number of pyridine rings is 1. The van der Waals surface area contributed by atoms with Gasteiger partial charge in [-0.3, -0.25) is 0 Å². The normalized spacial score (nSPS) is 11.0. The maximum absolute atomic E-state index is 5.50. The summed E-state index contributed by atoms with van der Waals surface area (Å²) < 4.78 is 1.93. The van der Waals surface area contributed by atoms with Gasteiger partial charge in [0.05, 0.1) is 11.7 Å². The van der Waals surface area contributed by atoms with Gasteiger partial charge in [-0.1, -0.05) is 6.07 Å². The molecule has 0 spiro atoms. The third-order valence-corrected chi connectivity index (χ3v) is 2.47. The average Bonchev–Trinajstić information content (AvgIpc) is 2.59. The fraction of sp³-hybridized carbons (Fsp3) is 0.364. The summed E-state index contributed by atoms with van der Waals surface area (Å²) in [5, 5.41) is 4.31. The highest BCUT2D eigenvalue weighted by Gasteiger charge is 2.04. The Morgan fingerprint density at radius 1 is 1.50 bits per heavy atom. The van der Waals surface area contributed by atoms with Crippen molar-refractivity contribution in [2.45, 2.75) is 19.8 Å². The number of rotatable bonds is 3. The monoisotopic (exact) mass is 189 g/mol. The summed E-state index contributed by atoms with van der Waals surface area (Å²) >= 11 is 0. The Bertz CT molecular complexity index is 431. The number of nitrogens with zero attached hydrogens (tertiary/aromatic N) is 2. The molecule has 0 aliphatic rings. The lowest BCUT2D eigenvalue weighted by Gasteiger charge is -2.00. The van der Waals surface area contributed by atoms with Crippen molar-refractivity contribution in [1.29, 1.82) is 0 Å². The molecule has 0 aliphatic heterocycles. The molecule has 0 saturated carbocycles. The van der Waals surface area contributed by atoms with Crippen LogP contribution in [0.2, 0.25) is 0 Å². The Balaban J connectivity index is 2.45. The van der Waals surface area contributed by atoms with Gasteiger partial charge in [0, 0.05) is 6.20 Å². The van der Waals surface area contributed by atoms with Crippen LogP contribution in [0.25, 0.3) is 5.52 Å². The van der Waals surface area contributed by atoms with Gasteiger partial charge in [-0.25, -0.2) is 4.52 Å². The number of hydrogen-bond acceptors (Lipinski definition) is 2. The first-order valence-electron chi connectivity index (χ1n) is 4.95. The number of nitrogens with two attached hydrogens (primary N) is 1.